The third-order valence-electron chi connectivity index (χ3n) is 4.67. The number of fused-ring (bicyclic) bond motifs is 1. The summed E-state index contributed by atoms with van der Waals surface area (Å²) in [6.45, 7) is 2.02. The highest BCUT2D eigenvalue weighted by molar-refractivity contribution is 5.93. The lowest BCUT2D eigenvalue weighted by atomic mass is 10.0. The molecule has 28 heavy (non-hydrogen) atoms. The summed E-state index contributed by atoms with van der Waals surface area (Å²) in [6.07, 6.45) is 1.43. The molecule has 0 fully saturated rings. The number of hydrogen-bond acceptors (Lipinski definition) is 6. The van der Waals surface area contributed by atoms with Crippen molar-refractivity contribution in [2.45, 2.75) is 13.0 Å². The normalized spacial score (nSPS) is 11.9. The monoisotopic (exact) mass is 369 g/mol. The lowest BCUT2D eigenvalue weighted by molar-refractivity contribution is 0.730. The molecule has 2 heterocycles. The lowest BCUT2D eigenvalue weighted by Crippen LogP contribution is -2.13. The molecule has 7 nitrogen and oxygen atoms in total. The van der Waals surface area contributed by atoms with Gasteiger partial charge in [0.25, 0.3) is 0 Å². The van der Waals surface area contributed by atoms with Crippen LogP contribution in [0.2, 0.25) is 0 Å². The Labute approximate surface area is 162 Å². The van der Waals surface area contributed by atoms with Crippen LogP contribution in [0.1, 0.15) is 24.4 Å². The maximum absolute atomic E-state index is 9.22. The fourth-order valence-electron chi connectivity index (χ4n) is 3.40. The zero-order chi connectivity index (χ0) is 19.7. The number of nitrogens with one attached hydrogen (secondary N) is 1. The molecule has 0 aliphatic rings. The highest BCUT2D eigenvalue weighted by atomic mass is 15.1. The number of nitrogens with two attached hydrogens (primary N) is 1. The molecule has 138 valence electrons. The van der Waals surface area contributed by atoms with Crippen molar-refractivity contribution in [2.24, 2.45) is 7.05 Å². The van der Waals surface area contributed by atoms with Crippen molar-refractivity contribution < 1.29 is 0 Å². The van der Waals surface area contributed by atoms with Crippen molar-refractivity contribution in [1.29, 1.82) is 5.26 Å². The van der Waals surface area contributed by atoms with Crippen LogP contribution in [-0.2, 0) is 7.05 Å². The number of aromatic nitrogens is 4. The van der Waals surface area contributed by atoms with Crippen molar-refractivity contribution >= 4 is 22.7 Å². The van der Waals surface area contributed by atoms with E-state index in [1.807, 2.05) is 50.4 Å². The Balaban J connectivity index is 1.78. The fraction of sp³-hybridized carbons (Fsp3) is 0.143. The molecule has 3 N–H and O–H groups in total. The first-order valence-corrected chi connectivity index (χ1v) is 8.86. The Kier molecular flexibility index (Phi) is 4.38. The third kappa shape index (κ3) is 3.12. The summed E-state index contributed by atoms with van der Waals surface area (Å²) in [6, 6.07) is 17.4. The molecule has 4 aromatic rings. The molecule has 2 aromatic carbocycles. The SMILES string of the molecule is C[C@H](Nc1cc(N)ncn1)c1nc2cccc(-c3cccc(C#N)c3)c2n1C. The van der Waals surface area contributed by atoms with E-state index in [2.05, 4.69) is 25.9 Å². The van der Waals surface area contributed by atoms with Crippen molar-refractivity contribution in [3.63, 3.8) is 0 Å². The maximum Gasteiger partial charge on any atom is 0.132 e. The quantitative estimate of drug-likeness (QED) is 0.569. The molecular weight excluding hydrogens is 350 g/mol. The fourth-order valence-corrected chi connectivity index (χ4v) is 3.40. The van der Waals surface area contributed by atoms with E-state index in [1.54, 1.807) is 12.1 Å². The number of nitrogens with zero attached hydrogens (tertiary/aromatic N) is 5. The van der Waals surface area contributed by atoms with E-state index in [4.69, 9.17) is 10.7 Å². The summed E-state index contributed by atoms with van der Waals surface area (Å²) < 4.78 is 2.08. The average Bonchev–Trinajstić information content (AvgIpc) is 3.05. The van der Waals surface area contributed by atoms with Gasteiger partial charge in [-0.25, -0.2) is 15.0 Å². The standard InChI is InChI=1S/C21H19N7/c1-13(26-19-10-18(23)24-12-25-19)21-27-17-8-4-7-16(20(17)28(21)2)15-6-3-5-14(9-15)11-22/h3-10,12-13H,1-2H3,(H3,23,24,25,26)/t13-/m0/s1. The van der Waals surface area contributed by atoms with E-state index >= 15 is 0 Å². The number of hydrogen-bond donors (Lipinski definition) is 2. The maximum atomic E-state index is 9.22. The highest BCUT2D eigenvalue weighted by Gasteiger charge is 2.18. The van der Waals surface area contributed by atoms with Gasteiger partial charge in [0.05, 0.1) is 28.7 Å². The van der Waals surface area contributed by atoms with Gasteiger partial charge in [0.2, 0.25) is 0 Å². The summed E-state index contributed by atoms with van der Waals surface area (Å²) in [7, 11) is 1.99. The van der Waals surface area contributed by atoms with Crippen LogP contribution < -0.4 is 11.1 Å². The van der Waals surface area contributed by atoms with E-state index in [9.17, 15) is 5.26 Å². The largest absolute Gasteiger partial charge is 0.384 e. The van der Waals surface area contributed by atoms with Gasteiger partial charge in [-0.15, -0.1) is 0 Å². The first-order valence-electron chi connectivity index (χ1n) is 8.86. The Hall–Kier alpha value is -3.92. The van der Waals surface area contributed by atoms with E-state index in [-0.39, 0.29) is 6.04 Å². The van der Waals surface area contributed by atoms with Gasteiger partial charge in [0.15, 0.2) is 0 Å². The average molecular weight is 369 g/mol. The smallest absolute Gasteiger partial charge is 0.132 e. The van der Waals surface area contributed by atoms with Crippen LogP contribution in [0.4, 0.5) is 11.6 Å². The minimum absolute atomic E-state index is 0.0926. The molecular formula is C21H19N7. The van der Waals surface area contributed by atoms with Crippen LogP contribution in [0.3, 0.4) is 0 Å². The van der Waals surface area contributed by atoms with E-state index in [0.717, 1.165) is 28.0 Å². The van der Waals surface area contributed by atoms with E-state index in [1.165, 1.54) is 6.33 Å². The minimum atomic E-state index is -0.0926. The van der Waals surface area contributed by atoms with Crippen molar-refractivity contribution in [1.82, 2.24) is 19.5 Å². The number of benzene rings is 2. The van der Waals surface area contributed by atoms with E-state index < -0.39 is 0 Å². The number of nitrogen functional groups attached to an aromatic ring is 1. The summed E-state index contributed by atoms with van der Waals surface area (Å²) in [5, 5.41) is 12.5. The van der Waals surface area contributed by atoms with Crippen LogP contribution in [0.25, 0.3) is 22.2 Å². The first-order chi connectivity index (χ1) is 13.6. The zero-order valence-corrected chi connectivity index (χ0v) is 15.6. The Morgan fingerprint density at radius 1 is 1.14 bits per heavy atom. The van der Waals surface area contributed by atoms with Gasteiger partial charge >= 0.3 is 0 Å². The summed E-state index contributed by atoms with van der Waals surface area (Å²) in [5.74, 6) is 1.93. The molecule has 7 heteroatoms. The van der Waals surface area contributed by atoms with Gasteiger partial charge in [0, 0.05) is 18.7 Å². The number of para-hydroxylation sites is 1. The topological polar surface area (TPSA) is 105 Å². The Morgan fingerprint density at radius 2 is 1.96 bits per heavy atom. The molecule has 0 bridgehead atoms. The second-order valence-corrected chi connectivity index (χ2v) is 6.59. The summed E-state index contributed by atoms with van der Waals surface area (Å²) in [4.78, 5) is 12.9. The molecule has 0 spiro atoms. The molecule has 0 amide bonds. The van der Waals surface area contributed by atoms with Crippen LogP contribution in [-0.4, -0.2) is 19.5 Å². The zero-order valence-electron chi connectivity index (χ0n) is 15.6. The van der Waals surface area contributed by atoms with Crippen molar-refractivity contribution in [3.05, 3.63) is 66.2 Å². The van der Waals surface area contributed by atoms with Crippen LogP contribution in [0.5, 0.6) is 0 Å². The predicted molar refractivity (Wildman–Crippen MR) is 109 cm³/mol. The van der Waals surface area contributed by atoms with Gasteiger partial charge in [-0.1, -0.05) is 24.3 Å². The van der Waals surface area contributed by atoms with Crippen LogP contribution in [0.15, 0.2) is 54.9 Å². The Morgan fingerprint density at radius 3 is 2.75 bits per heavy atom. The lowest BCUT2D eigenvalue weighted by Gasteiger charge is -2.15. The molecule has 0 aliphatic heterocycles. The van der Waals surface area contributed by atoms with Crippen LogP contribution >= 0.6 is 0 Å². The number of imidazole rings is 1. The van der Waals surface area contributed by atoms with Crippen LogP contribution in [0, 0.1) is 11.3 Å². The molecule has 0 radical (unpaired) electrons. The van der Waals surface area contributed by atoms with Gasteiger partial charge < -0.3 is 15.6 Å². The molecule has 2 aromatic heterocycles. The summed E-state index contributed by atoms with van der Waals surface area (Å²) in [5.41, 5.74) is 10.3. The second kappa shape index (κ2) is 7.00. The highest BCUT2D eigenvalue weighted by Crippen LogP contribution is 2.31. The molecule has 0 saturated heterocycles. The third-order valence-corrected chi connectivity index (χ3v) is 4.67. The molecule has 0 aliphatic carbocycles. The predicted octanol–water partition coefficient (Wildman–Crippen LogP) is 3.66. The van der Waals surface area contributed by atoms with Crippen molar-refractivity contribution in [3.8, 4) is 17.2 Å². The van der Waals surface area contributed by atoms with E-state index in [0.29, 0.717) is 17.2 Å². The Bertz CT molecular complexity index is 1200. The molecule has 0 unspecified atom stereocenters. The van der Waals surface area contributed by atoms with Gasteiger partial charge in [-0.3, -0.25) is 0 Å². The first kappa shape index (κ1) is 17.5. The number of rotatable bonds is 4. The second-order valence-electron chi connectivity index (χ2n) is 6.59. The van der Waals surface area contributed by atoms with Gasteiger partial charge in [0.1, 0.15) is 23.8 Å². The number of anilines is 2. The van der Waals surface area contributed by atoms with Crippen molar-refractivity contribution in [2.75, 3.05) is 11.1 Å². The molecule has 4 rings (SSSR count). The van der Waals surface area contributed by atoms with Gasteiger partial charge in [-0.2, -0.15) is 5.26 Å². The minimum Gasteiger partial charge on any atom is -0.384 e. The summed E-state index contributed by atoms with van der Waals surface area (Å²) >= 11 is 0. The molecule has 1 atom stereocenters. The molecule has 0 saturated carbocycles. The number of aryl methyl sites for hydroxylation is 1. The van der Waals surface area contributed by atoms with Gasteiger partial charge in [-0.05, 0) is 30.7 Å². The number of nitriles is 1.